The number of halogens is 1. The monoisotopic (exact) mass is 196 g/mol. The second-order valence-electron chi connectivity index (χ2n) is 1.50. The van der Waals surface area contributed by atoms with Crippen LogP contribution in [-0.4, -0.2) is 35.8 Å². The molecule has 0 aromatic rings. The average molecular weight is 197 g/mol. The SMILES string of the molecule is O=S(=O)([O-])CC(Cl)CO.[Na+]. The molecule has 10 heavy (non-hydrogen) atoms. The minimum absolute atomic E-state index is 0. The number of hydrogen-bond donors (Lipinski definition) is 1. The first-order valence-electron chi connectivity index (χ1n) is 2.14. The van der Waals surface area contributed by atoms with E-state index in [4.69, 9.17) is 16.7 Å². The Hall–Kier alpha value is 1.16. The van der Waals surface area contributed by atoms with Gasteiger partial charge in [-0.2, -0.15) is 0 Å². The van der Waals surface area contributed by atoms with Crippen LogP contribution >= 0.6 is 11.6 Å². The summed E-state index contributed by atoms with van der Waals surface area (Å²) in [5, 5.41) is 7.18. The Morgan fingerprint density at radius 3 is 2.10 bits per heavy atom. The fraction of sp³-hybridized carbons (Fsp3) is 1.00. The maximum atomic E-state index is 9.85. The zero-order valence-corrected chi connectivity index (χ0v) is 9.02. The Morgan fingerprint density at radius 2 is 2.00 bits per heavy atom. The van der Waals surface area contributed by atoms with Crippen molar-refractivity contribution in [1.82, 2.24) is 0 Å². The molecule has 0 radical (unpaired) electrons. The molecule has 56 valence electrons. The summed E-state index contributed by atoms with van der Waals surface area (Å²) in [5.74, 6) is -0.717. The van der Waals surface area contributed by atoms with E-state index in [2.05, 4.69) is 0 Å². The van der Waals surface area contributed by atoms with Crippen molar-refractivity contribution in [2.24, 2.45) is 0 Å². The van der Waals surface area contributed by atoms with Gasteiger partial charge in [-0.25, -0.2) is 8.42 Å². The first kappa shape index (κ1) is 13.7. The predicted octanol–water partition coefficient (Wildman–Crippen LogP) is -3.86. The van der Waals surface area contributed by atoms with Gasteiger partial charge in [0.1, 0.15) is 0 Å². The van der Waals surface area contributed by atoms with E-state index in [1.807, 2.05) is 0 Å². The van der Waals surface area contributed by atoms with Gasteiger partial charge < -0.3 is 9.66 Å². The van der Waals surface area contributed by atoms with Crippen molar-refractivity contribution in [3.05, 3.63) is 0 Å². The average Bonchev–Trinajstić information content (AvgIpc) is 1.62. The molecule has 1 N–H and O–H groups in total. The van der Waals surface area contributed by atoms with Crippen LogP contribution in [0.5, 0.6) is 0 Å². The van der Waals surface area contributed by atoms with Gasteiger partial charge in [-0.15, -0.1) is 11.6 Å². The molecule has 0 spiro atoms. The Balaban J connectivity index is 0. The van der Waals surface area contributed by atoms with E-state index in [0.717, 1.165) is 0 Å². The first-order valence-corrected chi connectivity index (χ1v) is 4.15. The molecular formula is C3H6ClNaO4S. The molecular weight excluding hydrogens is 191 g/mol. The van der Waals surface area contributed by atoms with Gasteiger partial charge in [-0.05, 0) is 0 Å². The summed E-state index contributed by atoms with van der Waals surface area (Å²) < 4.78 is 29.5. The molecule has 0 fully saturated rings. The zero-order valence-electron chi connectivity index (χ0n) is 5.45. The summed E-state index contributed by atoms with van der Waals surface area (Å²) in [6, 6.07) is 0. The van der Waals surface area contributed by atoms with Crippen LogP contribution in [0.15, 0.2) is 0 Å². The Labute approximate surface area is 86.6 Å². The molecule has 0 aliphatic rings. The van der Waals surface area contributed by atoms with Gasteiger partial charge in [0.2, 0.25) is 0 Å². The summed E-state index contributed by atoms with van der Waals surface area (Å²) in [4.78, 5) is 0. The maximum absolute atomic E-state index is 9.85. The minimum atomic E-state index is -4.28. The van der Waals surface area contributed by atoms with Gasteiger partial charge in [0.05, 0.1) is 27.9 Å². The molecule has 0 amide bonds. The first-order chi connectivity index (χ1) is 3.95. The van der Waals surface area contributed by atoms with Gasteiger partial charge in [0.15, 0.2) is 0 Å². The number of rotatable bonds is 3. The Morgan fingerprint density at radius 1 is 1.60 bits per heavy atom. The standard InChI is InChI=1S/C3H7ClO4S.Na/c4-3(1-5)2-9(6,7)8;/h3,5H,1-2H2,(H,6,7,8);/q;+1/p-1. The zero-order chi connectivity index (χ0) is 7.49. The molecule has 0 heterocycles. The smallest absolute Gasteiger partial charge is 0.748 e. The predicted molar refractivity (Wildman–Crippen MR) is 31.3 cm³/mol. The second-order valence-corrected chi connectivity index (χ2v) is 3.57. The summed E-state index contributed by atoms with van der Waals surface area (Å²) in [7, 11) is -4.28. The molecule has 0 rings (SSSR count). The van der Waals surface area contributed by atoms with Crippen molar-refractivity contribution >= 4 is 21.7 Å². The van der Waals surface area contributed by atoms with Crippen molar-refractivity contribution in [1.29, 1.82) is 0 Å². The molecule has 7 heteroatoms. The van der Waals surface area contributed by atoms with E-state index < -0.39 is 27.9 Å². The molecule has 0 bridgehead atoms. The van der Waals surface area contributed by atoms with Crippen molar-refractivity contribution in [3.8, 4) is 0 Å². The second kappa shape index (κ2) is 5.77. The van der Waals surface area contributed by atoms with Crippen LogP contribution in [0.2, 0.25) is 0 Å². The van der Waals surface area contributed by atoms with Crippen molar-refractivity contribution < 1.29 is 47.6 Å². The summed E-state index contributed by atoms with van der Waals surface area (Å²) >= 11 is 5.12. The van der Waals surface area contributed by atoms with Gasteiger partial charge in [-0.1, -0.05) is 0 Å². The molecule has 0 saturated carbocycles. The van der Waals surface area contributed by atoms with Crippen molar-refractivity contribution in [2.75, 3.05) is 12.4 Å². The summed E-state index contributed by atoms with van der Waals surface area (Å²) in [5.41, 5.74) is 0. The van der Waals surface area contributed by atoms with E-state index in [1.54, 1.807) is 0 Å². The van der Waals surface area contributed by atoms with Gasteiger partial charge >= 0.3 is 29.6 Å². The quantitative estimate of drug-likeness (QED) is 0.285. The van der Waals surface area contributed by atoms with Crippen molar-refractivity contribution in [2.45, 2.75) is 5.38 Å². The van der Waals surface area contributed by atoms with Crippen LogP contribution in [0.1, 0.15) is 0 Å². The molecule has 0 aromatic carbocycles. The van der Waals surface area contributed by atoms with Gasteiger partial charge in [-0.3, -0.25) is 0 Å². The van der Waals surface area contributed by atoms with E-state index in [1.165, 1.54) is 0 Å². The molecule has 0 saturated heterocycles. The van der Waals surface area contributed by atoms with Gasteiger partial charge in [0.25, 0.3) is 0 Å². The van der Waals surface area contributed by atoms with Crippen LogP contribution in [0, 0.1) is 0 Å². The molecule has 1 unspecified atom stereocenters. The van der Waals surface area contributed by atoms with Crippen LogP contribution in [-0.2, 0) is 10.1 Å². The maximum Gasteiger partial charge on any atom is 1.00 e. The minimum Gasteiger partial charge on any atom is -0.748 e. The van der Waals surface area contributed by atoms with Crippen LogP contribution in [0.25, 0.3) is 0 Å². The van der Waals surface area contributed by atoms with E-state index >= 15 is 0 Å². The third-order valence-corrected chi connectivity index (χ3v) is 1.87. The third-order valence-electron chi connectivity index (χ3n) is 0.583. The van der Waals surface area contributed by atoms with E-state index in [-0.39, 0.29) is 29.6 Å². The summed E-state index contributed by atoms with van der Waals surface area (Å²) in [6.07, 6.45) is 0. The van der Waals surface area contributed by atoms with E-state index in [9.17, 15) is 13.0 Å². The topological polar surface area (TPSA) is 77.4 Å². The Bertz CT molecular complexity index is 167. The number of aliphatic hydroxyl groups is 1. The fourth-order valence-corrected chi connectivity index (χ4v) is 1.29. The van der Waals surface area contributed by atoms with Crippen molar-refractivity contribution in [3.63, 3.8) is 0 Å². The molecule has 0 aromatic heterocycles. The van der Waals surface area contributed by atoms with Gasteiger partial charge in [0, 0.05) is 0 Å². The molecule has 4 nitrogen and oxygen atoms in total. The Kier molecular flexibility index (Phi) is 7.92. The molecule has 1 atom stereocenters. The fourth-order valence-electron chi connectivity index (χ4n) is 0.274. The van der Waals surface area contributed by atoms with Crippen LogP contribution < -0.4 is 29.6 Å². The van der Waals surface area contributed by atoms with Crippen LogP contribution in [0.4, 0.5) is 0 Å². The number of alkyl halides is 1. The van der Waals surface area contributed by atoms with E-state index in [0.29, 0.717) is 0 Å². The number of hydrogen-bond acceptors (Lipinski definition) is 4. The third kappa shape index (κ3) is 9.16. The largest absolute Gasteiger partial charge is 1.00 e. The number of aliphatic hydroxyl groups excluding tert-OH is 1. The molecule has 0 aliphatic carbocycles. The normalized spacial score (nSPS) is 13.9. The van der Waals surface area contributed by atoms with Crippen LogP contribution in [0.3, 0.4) is 0 Å². The summed E-state index contributed by atoms with van der Waals surface area (Å²) in [6.45, 7) is -0.497. The molecule has 0 aliphatic heterocycles.